The fourth-order valence-electron chi connectivity index (χ4n) is 3.98. The first-order chi connectivity index (χ1) is 15.7. The van der Waals surface area contributed by atoms with Gasteiger partial charge in [0, 0.05) is 38.6 Å². The Bertz CT molecular complexity index is 842. The molecule has 3 heterocycles. The molecule has 0 atom stereocenters. The zero-order valence-electron chi connectivity index (χ0n) is 18.5. The van der Waals surface area contributed by atoms with Crippen molar-refractivity contribution in [3.63, 3.8) is 0 Å². The van der Waals surface area contributed by atoms with Crippen molar-refractivity contribution in [2.75, 3.05) is 46.6 Å². The lowest BCUT2D eigenvalue weighted by Crippen LogP contribution is -2.43. The van der Waals surface area contributed by atoms with Gasteiger partial charge in [-0.25, -0.2) is 0 Å². The van der Waals surface area contributed by atoms with E-state index >= 15 is 0 Å². The van der Waals surface area contributed by atoms with Gasteiger partial charge in [-0.3, -0.25) is 4.79 Å². The molecule has 0 bridgehead atoms. The summed E-state index contributed by atoms with van der Waals surface area (Å²) in [4.78, 5) is 18.8. The van der Waals surface area contributed by atoms with Gasteiger partial charge in [0.2, 0.25) is 5.89 Å². The minimum atomic E-state index is -0.00768. The molecule has 9 heteroatoms. The number of aromatic nitrogens is 2. The molecular weight excluding hydrogens is 414 g/mol. The van der Waals surface area contributed by atoms with E-state index in [1.165, 1.54) is 0 Å². The summed E-state index contributed by atoms with van der Waals surface area (Å²) in [5.74, 6) is 3.11. The molecule has 2 aliphatic rings. The molecule has 2 aromatic rings. The smallest absolute Gasteiger partial charge is 0.260 e. The third kappa shape index (κ3) is 6.20. The number of ether oxygens (including phenoxy) is 4. The van der Waals surface area contributed by atoms with Gasteiger partial charge < -0.3 is 28.4 Å². The van der Waals surface area contributed by atoms with Crippen LogP contribution >= 0.6 is 0 Å². The maximum atomic E-state index is 12.4. The van der Waals surface area contributed by atoms with Crippen LogP contribution in [0, 0.1) is 0 Å². The van der Waals surface area contributed by atoms with Crippen LogP contribution in [0.1, 0.15) is 43.3 Å². The van der Waals surface area contributed by atoms with E-state index in [9.17, 15) is 4.79 Å². The highest BCUT2D eigenvalue weighted by molar-refractivity contribution is 5.77. The Labute approximate surface area is 188 Å². The van der Waals surface area contributed by atoms with Crippen LogP contribution in [0.3, 0.4) is 0 Å². The van der Waals surface area contributed by atoms with E-state index in [2.05, 4.69) is 10.1 Å². The number of amides is 1. The van der Waals surface area contributed by atoms with Crippen LogP contribution < -0.4 is 9.47 Å². The summed E-state index contributed by atoms with van der Waals surface area (Å²) in [5.41, 5.74) is 0. The summed E-state index contributed by atoms with van der Waals surface area (Å²) in [5, 5.41) is 4.08. The number of nitrogens with zero attached hydrogens (tertiary/aromatic N) is 3. The fourth-order valence-corrected chi connectivity index (χ4v) is 3.98. The minimum Gasteiger partial charge on any atom is -0.497 e. The van der Waals surface area contributed by atoms with Crippen molar-refractivity contribution in [3.05, 3.63) is 36.0 Å². The van der Waals surface area contributed by atoms with Crippen molar-refractivity contribution in [2.45, 2.75) is 44.1 Å². The molecule has 0 spiro atoms. The number of methoxy groups -OCH3 is 1. The van der Waals surface area contributed by atoms with Crippen LogP contribution in [0.4, 0.5) is 0 Å². The molecule has 2 saturated heterocycles. The lowest BCUT2D eigenvalue weighted by molar-refractivity contribution is -0.136. The first-order valence-electron chi connectivity index (χ1n) is 11.3. The number of carbonyl (C=O) groups is 1. The third-order valence-corrected chi connectivity index (χ3v) is 5.95. The van der Waals surface area contributed by atoms with E-state index in [1.807, 2.05) is 17.0 Å². The largest absolute Gasteiger partial charge is 0.497 e. The summed E-state index contributed by atoms with van der Waals surface area (Å²) < 4.78 is 27.5. The zero-order chi connectivity index (χ0) is 22.2. The second kappa shape index (κ2) is 11.3. The number of hydrogen-bond acceptors (Lipinski definition) is 8. The SMILES string of the molecule is COc1ccc(OCC(=O)N2CCC(OCCc3noc(C4CCOCC4)n3)CC2)cc1. The van der Waals surface area contributed by atoms with Gasteiger partial charge >= 0.3 is 0 Å². The molecule has 1 amide bonds. The first-order valence-corrected chi connectivity index (χ1v) is 11.3. The van der Waals surface area contributed by atoms with Crippen molar-refractivity contribution in [3.8, 4) is 11.5 Å². The Morgan fingerprint density at radius 2 is 1.81 bits per heavy atom. The minimum absolute atomic E-state index is 0.00768. The van der Waals surface area contributed by atoms with E-state index < -0.39 is 0 Å². The molecule has 0 saturated carbocycles. The Kier molecular flexibility index (Phi) is 7.95. The summed E-state index contributed by atoms with van der Waals surface area (Å²) in [6.45, 7) is 3.43. The number of piperidine rings is 1. The summed E-state index contributed by atoms with van der Waals surface area (Å²) >= 11 is 0. The predicted octanol–water partition coefficient (Wildman–Crippen LogP) is 2.60. The molecule has 0 unspecified atom stereocenters. The summed E-state index contributed by atoms with van der Waals surface area (Å²) in [6, 6.07) is 7.21. The second-order valence-electron chi connectivity index (χ2n) is 8.10. The van der Waals surface area contributed by atoms with Crippen molar-refractivity contribution in [1.82, 2.24) is 15.0 Å². The normalized spacial score (nSPS) is 18.0. The van der Waals surface area contributed by atoms with Gasteiger partial charge in [0.25, 0.3) is 5.91 Å². The molecular formula is C23H31N3O6. The number of rotatable bonds is 9. The van der Waals surface area contributed by atoms with E-state index in [-0.39, 0.29) is 18.6 Å². The number of carbonyl (C=O) groups excluding carboxylic acids is 1. The molecule has 174 valence electrons. The van der Waals surface area contributed by atoms with E-state index in [4.69, 9.17) is 23.5 Å². The van der Waals surface area contributed by atoms with E-state index in [1.54, 1.807) is 19.2 Å². The van der Waals surface area contributed by atoms with Crippen LogP contribution in [0.25, 0.3) is 0 Å². The number of benzene rings is 1. The van der Waals surface area contributed by atoms with Crippen molar-refractivity contribution < 1.29 is 28.3 Å². The molecule has 1 aromatic carbocycles. The van der Waals surface area contributed by atoms with Gasteiger partial charge in [0.1, 0.15) is 11.5 Å². The average Bonchev–Trinajstić information content (AvgIpc) is 3.33. The Morgan fingerprint density at radius 1 is 1.09 bits per heavy atom. The predicted molar refractivity (Wildman–Crippen MR) is 115 cm³/mol. The van der Waals surface area contributed by atoms with Gasteiger partial charge in [-0.1, -0.05) is 5.16 Å². The van der Waals surface area contributed by atoms with Crippen LogP contribution in [0.5, 0.6) is 11.5 Å². The number of hydrogen-bond donors (Lipinski definition) is 0. The van der Waals surface area contributed by atoms with Crippen LogP contribution in [0.2, 0.25) is 0 Å². The summed E-state index contributed by atoms with van der Waals surface area (Å²) in [6.07, 6.45) is 4.26. The second-order valence-corrected chi connectivity index (χ2v) is 8.10. The average molecular weight is 446 g/mol. The highest BCUT2D eigenvalue weighted by atomic mass is 16.5. The van der Waals surface area contributed by atoms with E-state index in [0.717, 1.165) is 44.6 Å². The van der Waals surface area contributed by atoms with Crippen LogP contribution in [0.15, 0.2) is 28.8 Å². The Hall–Kier alpha value is -2.65. The van der Waals surface area contributed by atoms with Gasteiger partial charge in [-0.15, -0.1) is 0 Å². The maximum absolute atomic E-state index is 12.4. The monoisotopic (exact) mass is 445 g/mol. The third-order valence-electron chi connectivity index (χ3n) is 5.95. The standard InChI is InChI=1S/C23H31N3O6/c1-28-18-2-4-19(5-3-18)31-16-22(27)26-11-6-20(7-12-26)30-15-10-21-24-23(32-25-21)17-8-13-29-14-9-17/h2-5,17,20H,6-16H2,1H3. The molecule has 0 N–H and O–H groups in total. The molecule has 2 fully saturated rings. The molecule has 0 radical (unpaired) electrons. The maximum Gasteiger partial charge on any atom is 0.260 e. The van der Waals surface area contributed by atoms with Gasteiger partial charge in [0.15, 0.2) is 12.4 Å². The van der Waals surface area contributed by atoms with E-state index in [0.29, 0.717) is 49.5 Å². The Morgan fingerprint density at radius 3 is 2.53 bits per heavy atom. The molecule has 2 aliphatic heterocycles. The highest BCUT2D eigenvalue weighted by Gasteiger charge is 2.24. The van der Waals surface area contributed by atoms with Crippen molar-refractivity contribution in [1.29, 1.82) is 0 Å². The molecule has 4 rings (SSSR count). The van der Waals surface area contributed by atoms with Crippen LogP contribution in [-0.4, -0.2) is 73.7 Å². The molecule has 1 aromatic heterocycles. The molecule has 32 heavy (non-hydrogen) atoms. The van der Waals surface area contributed by atoms with Gasteiger partial charge in [0.05, 0.1) is 19.8 Å². The zero-order valence-corrected chi connectivity index (χ0v) is 18.5. The topological polar surface area (TPSA) is 96.2 Å². The van der Waals surface area contributed by atoms with Gasteiger partial charge in [-0.2, -0.15) is 4.98 Å². The fraction of sp³-hybridized carbons (Fsp3) is 0.609. The summed E-state index contributed by atoms with van der Waals surface area (Å²) in [7, 11) is 1.61. The highest BCUT2D eigenvalue weighted by Crippen LogP contribution is 2.25. The quantitative estimate of drug-likeness (QED) is 0.581. The lowest BCUT2D eigenvalue weighted by Gasteiger charge is -2.31. The van der Waals surface area contributed by atoms with Gasteiger partial charge in [-0.05, 0) is 49.9 Å². The number of likely N-dealkylation sites (tertiary alicyclic amines) is 1. The first kappa shape index (κ1) is 22.5. The molecule has 9 nitrogen and oxygen atoms in total. The van der Waals surface area contributed by atoms with Crippen molar-refractivity contribution >= 4 is 5.91 Å². The lowest BCUT2D eigenvalue weighted by atomic mass is 10.0. The molecule has 0 aliphatic carbocycles. The van der Waals surface area contributed by atoms with Crippen molar-refractivity contribution in [2.24, 2.45) is 0 Å². The Balaban J connectivity index is 1.12. The van der Waals surface area contributed by atoms with Crippen LogP contribution in [-0.2, 0) is 20.7 Å².